The minimum absolute atomic E-state index is 0.0120. The molecule has 0 unspecified atom stereocenters. The fraction of sp³-hybridized carbons (Fsp3) is 0.154. The molecule has 88 valence electrons. The molecule has 0 aliphatic carbocycles. The van der Waals surface area contributed by atoms with E-state index in [1.807, 2.05) is 43.3 Å². The summed E-state index contributed by atoms with van der Waals surface area (Å²) in [6.07, 6.45) is 0. The summed E-state index contributed by atoms with van der Waals surface area (Å²) in [5.41, 5.74) is 2.11. The molecule has 0 radical (unpaired) electrons. The molecule has 2 nitrogen and oxygen atoms in total. The normalized spacial score (nSPS) is 10.2. The number of rotatable bonds is 3. The molecule has 1 aromatic carbocycles. The minimum atomic E-state index is -0.0120. The van der Waals surface area contributed by atoms with Crippen molar-refractivity contribution in [1.29, 1.82) is 0 Å². The van der Waals surface area contributed by atoms with Crippen molar-refractivity contribution in [3.8, 4) is 0 Å². The van der Waals surface area contributed by atoms with Gasteiger partial charge in [0.15, 0.2) is 0 Å². The van der Waals surface area contributed by atoms with E-state index >= 15 is 0 Å². The van der Waals surface area contributed by atoms with Crippen LogP contribution < -0.4 is 5.32 Å². The Morgan fingerprint density at radius 1 is 1.35 bits per heavy atom. The van der Waals surface area contributed by atoms with Crippen molar-refractivity contribution in [3.63, 3.8) is 0 Å². The van der Waals surface area contributed by atoms with Gasteiger partial charge in [0.25, 0.3) is 5.91 Å². The minimum Gasteiger partial charge on any atom is -0.347 e. The second kappa shape index (κ2) is 5.47. The first-order valence-electron chi connectivity index (χ1n) is 5.25. The van der Waals surface area contributed by atoms with E-state index in [1.54, 1.807) is 0 Å². The van der Waals surface area contributed by atoms with E-state index in [0.29, 0.717) is 6.54 Å². The topological polar surface area (TPSA) is 29.1 Å². The van der Waals surface area contributed by atoms with Gasteiger partial charge < -0.3 is 5.32 Å². The van der Waals surface area contributed by atoms with Crippen molar-refractivity contribution in [2.75, 3.05) is 0 Å². The highest BCUT2D eigenvalue weighted by Crippen LogP contribution is 2.26. The van der Waals surface area contributed by atoms with Crippen molar-refractivity contribution in [2.24, 2.45) is 0 Å². The highest BCUT2D eigenvalue weighted by Gasteiger charge is 2.12. The average Bonchev–Trinajstić information content (AvgIpc) is 2.67. The van der Waals surface area contributed by atoms with E-state index in [9.17, 15) is 4.79 Å². The summed E-state index contributed by atoms with van der Waals surface area (Å²) < 4.78 is 0.986. The zero-order chi connectivity index (χ0) is 12.3. The maximum absolute atomic E-state index is 11.9. The molecule has 1 aromatic heterocycles. The summed E-state index contributed by atoms with van der Waals surface area (Å²) in [6.45, 7) is 2.51. The van der Waals surface area contributed by atoms with Crippen LogP contribution in [0.5, 0.6) is 0 Å². The quantitative estimate of drug-likeness (QED) is 0.919. The Morgan fingerprint density at radius 2 is 2.06 bits per heavy atom. The van der Waals surface area contributed by atoms with Crippen LogP contribution in [-0.4, -0.2) is 5.91 Å². The van der Waals surface area contributed by atoms with Gasteiger partial charge in [-0.2, -0.15) is 0 Å². The Bertz CT molecular complexity index is 521. The Hall–Kier alpha value is -1.13. The summed E-state index contributed by atoms with van der Waals surface area (Å²) in [6, 6.07) is 11.9. The van der Waals surface area contributed by atoms with Crippen LogP contribution in [0, 0.1) is 6.92 Å². The van der Waals surface area contributed by atoms with Crippen molar-refractivity contribution in [3.05, 3.63) is 56.2 Å². The highest BCUT2D eigenvalue weighted by atomic mass is 79.9. The van der Waals surface area contributed by atoms with Gasteiger partial charge in [-0.1, -0.05) is 30.3 Å². The second-order valence-electron chi connectivity index (χ2n) is 3.73. The molecule has 0 fully saturated rings. The van der Waals surface area contributed by atoms with Gasteiger partial charge in [-0.05, 0) is 40.0 Å². The number of carbonyl (C=O) groups is 1. The third-order valence-electron chi connectivity index (χ3n) is 2.39. The van der Waals surface area contributed by atoms with E-state index in [2.05, 4.69) is 21.2 Å². The lowest BCUT2D eigenvalue weighted by atomic mass is 10.2. The summed E-state index contributed by atoms with van der Waals surface area (Å²) in [5, 5.41) is 2.92. The number of halogens is 1. The molecule has 0 bridgehead atoms. The van der Waals surface area contributed by atoms with Crippen molar-refractivity contribution < 1.29 is 4.79 Å². The Labute approximate surface area is 113 Å². The molecule has 0 saturated heterocycles. The molecule has 0 atom stereocenters. The second-order valence-corrected chi connectivity index (χ2v) is 6.16. The van der Waals surface area contributed by atoms with E-state index in [-0.39, 0.29) is 5.91 Å². The summed E-state index contributed by atoms with van der Waals surface area (Å²) in [7, 11) is 0. The SMILES string of the molecule is Cc1cc(Br)sc1C(=O)NCc1ccccc1. The zero-order valence-electron chi connectivity index (χ0n) is 9.37. The lowest BCUT2D eigenvalue weighted by Gasteiger charge is -2.04. The number of amides is 1. The Balaban J connectivity index is 2.01. The maximum Gasteiger partial charge on any atom is 0.261 e. The highest BCUT2D eigenvalue weighted by molar-refractivity contribution is 9.11. The third-order valence-corrected chi connectivity index (χ3v) is 4.13. The fourth-order valence-corrected chi connectivity index (χ4v) is 3.17. The van der Waals surface area contributed by atoms with Crippen LogP contribution in [0.3, 0.4) is 0 Å². The number of hydrogen-bond acceptors (Lipinski definition) is 2. The number of aryl methyl sites for hydroxylation is 1. The van der Waals surface area contributed by atoms with E-state index in [1.165, 1.54) is 11.3 Å². The summed E-state index contributed by atoms with van der Waals surface area (Å²) in [4.78, 5) is 12.7. The molecule has 2 aromatic rings. The molecule has 1 N–H and O–H groups in total. The van der Waals surface area contributed by atoms with E-state index in [4.69, 9.17) is 0 Å². The zero-order valence-corrected chi connectivity index (χ0v) is 11.8. The molecule has 0 aliphatic heterocycles. The first-order valence-corrected chi connectivity index (χ1v) is 6.86. The van der Waals surface area contributed by atoms with Crippen LogP contribution in [-0.2, 0) is 6.54 Å². The molecule has 2 rings (SSSR count). The van der Waals surface area contributed by atoms with Crippen LogP contribution in [0.25, 0.3) is 0 Å². The number of thiophene rings is 1. The Morgan fingerprint density at radius 3 is 2.65 bits per heavy atom. The van der Waals surface area contributed by atoms with Gasteiger partial charge in [0, 0.05) is 6.54 Å². The van der Waals surface area contributed by atoms with Crippen molar-refractivity contribution >= 4 is 33.2 Å². The lowest BCUT2D eigenvalue weighted by Crippen LogP contribution is -2.22. The molecule has 0 saturated carbocycles. The van der Waals surface area contributed by atoms with Crippen LogP contribution in [0.4, 0.5) is 0 Å². The van der Waals surface area contributed by atoms with Gasteiger partial charge >= 0.3 is 0 Å². The number of hydrogen-bond donors (Lipinski definition) is 1. The first kappa shape index (κ1) is 12.3. The largest absolute Gasteiger partial charge is 0.347 e. The van der Waals surface area contributed by atoms with Gasteiger partial charge in [-0.25, -0.2) is 0 Å². The maximum atomic E-state index is 11.9. The molecule has 17 heavy (non-hydrogen) atoms. The molecule has 1 amide bonds. The summed E-state index contributed by atoms with van der Waals surface area (Å²) in [5.74, 6) is -0.0120. The van der Waals surface area contributed by atoms with Crippen molar-refractivity contribution in [2.45, 2.75) is 13.5 Å². The number of carbonyl (C=O) groups excluding carboxylic acids is 1. The van der Waals surface area contributed by atoms with Crippen LogP contribution >= 0.6 is 27.3 Å². The predicted molar refractivity (Wildman–Crippen MR) is 74.4 cm³/mol. The van der Waals surface area contributed by atoms with Gasteiger partial charge in [-0.3, -0.25) is 4.79 Å². The Kier molecular flexibility index (Phi) is 3.97. The molecule has 4 heteroatoms. The fourth-order valence-electron chi connectivity index (χ4n) is 1.53. The van der Waals surface area contributed by atoms with Crippen LogP contribution in [0.15, 0.2) is 40.2 Å². The molecule has 1 heterocycles. The van der Waals surface area contributed by atoms with Gasteiger partial charge in [0.2, 0.25) is 0 Å². The number of benzene rings is 1. The smallest absolute Gasteiger partial charge is 0.261 e. The first-order chi connectivity index (χ1) is 8.16. The average molecular weight is 310 g/mol. The van der Waals surface area contributed by atoms with Gasteiger partial charge in [-0.15, -0.1) is 11.3 Å². The van der Waals surface area contributed by atoms with E-state index in [0.717, 1.165) is 19.8 Å². The predicted octanol–water partition coefficient (Wildman–Crippen LogP) is 3.75. The molecule has 0 aliphatic rings. The van der Waals surface area contributed by atoms with Gasteiger partial charge in [0.05, 0.1) is 8.66 Å². The van der Waals surface area contributed by atoms with Gasteiger partial charge in [0.1, 0.15) is 0 Å². The monoisotopic (exact) mass is 309 g/mol. The van der Waals surface area contributed by atoms with E-state index < -0.39 is 0 Å². The molecule has 0 spiro atoms. The van der Waals surface area contributed by atoms with Crippen LogP contribution in [0.2, 0.25) is 0 Å². The standard InChI is InChI=1S/C13H12BrNOS/c1-9-7-11(14)17-12(9)13(16)15-8-10-5-3-2-4-6-10/h2-7H,8H2,1H3,(H,15,16). The third kappa shape index (κ3) is 3.17. The lowest BCUT2D eigenvalue weighted by molar-refractivity contribution is 0.0954. The summed E-state index contributed by atoms with van der Waals surface area (Å²) >= 11 is 4.85. The molecular weight excluding hydrogens is 298 g/mol. The van der Waals surface area contributed by atoms with Crippen molar-refractivity contribution in [1.82, 2.24) is 5.32 Å². The number of nitrogens with one attached hydrogen (secondary N) is 1. The van der Waals surface area contributed by atoms with Crippen LogP contribution in [0.1, 0.15) is 20.8 Å². The molecular formula is C13H12BrNOS.